The molecule has 0 aromatic heterocycles. The predicted octanol–water partition coefficient (Wildman–Crippen LogP) is 3.10. The molecule has 0 amide bonds. The van der Waals surface area contributed by atoms with Crippen LogP contribution in [0.4, 0.5) is 5.69 Å². The Morgan fingerprint density at radius 2 is 1.71 bits per heavy atom. The Labute approximate surface area is 102 Å². The van der Waals surface area contributed by atoms with Crippen molar-refractivity contribution in [1.29, 1.82) is 0 Å². The third-order valence-corrected chi connectivity index (χ3v) is 2.72. The minimum Gasteiger partial charge on any atom is -0.392 e. The van der Waals surface area contributed by atoms with Crippen LogP contribution in [-0.2, 0) is 13.2 Å². The largest absolute Gasteiger partial charge is 0.392 e. The van der Waals surface area contributed by atoms with Gasteiger partial charge in [0.05, 0.1) is 6.61 Å². The van der Waals surface area contributed by atoms with Gasteiger partial charge < -0.3 is 10.4 Å². The lowest BCUT2D eigenvalue weighted by Crippen LogP contribution is -1.99. The molecule has 0 aliphatic rings. The van der Waals surface area contributed by atoms with E-state index in [2.05, 4.69) is 30.4 Å². The zero-order valence-corrected chi connectivity index (χ0v) is 9.98. The molecule has 0 unspecified atom stereocenters. The van der Waals surface area contributed by atoms with Crippen LogP contribution in [0.1, 0.15) is 16.7 Å². The first-order valence-corrected chi connectivity index (χ1v) is 5.77. The Kier molecular flexibility index (Phi) is 3.78. The van der Waals surface area contributed by atoms with Crippen molar-refractivity contribution in [3.8, 4) is 0 Å². The van der Waals surface area contributed by atoms with Crippen molar-refractivity contribution in [2.75, 3.05) is 5.32 Å². The molecule has 0 heterocycles. The molecule has 0 fully saturated rings. The lowest BCUT2D eigenvalue weighted by atomic mass is 10.1. The van der Waals surface area contributed by atoms with Crippen LogP contribution < -0.4 is 5.32 Å². The average Bonchev–Trinajstić information content (AvgIpc) is 2.37. The smallest absolute Gasteiger partial charge is 0.0681 e. The van der Waals surface area contributed by atoms with Gasteiger partial charge in [-0.3, -0.25) is 0 Å². The summed E-state index contributed by atoms with van der Waals surface area (Å²) in [4.78, 5) is 0. The molecule has 88 valence electrons. The Morgan fingerprint density at radius 1 is 1.00 bits per heavy atom. The molecule has 2 heteroatoms. The topological polar surface area (TPSA) is 32.3 Å². The van der Waals surface area contributed by atoms with Crippen LogP contribution in [0, 0.1) is 6.92 Å². The van der Waals surface area contributed by atoms with Crippen LogP contribution in [-0.4, -0.2) is 5.11 Å². The van der Waals surface area contributed by atoms with E-state index in [-0.39, 0.29) is 6.61 Å². The third kappa shape index (κ3) is 3.33. The fraction of sp³-hybridized carbons (Fsp3) is 0.200. The summed E-state index contributed by atoms with van der Waals surface area (Å²) >= 11 is 0. The zero-order valence-electron chi connectivity index (χ0n) is 9.98. The SMILES string of the molecule is Cc1cccc(NCc2ccc(CO)cc2)c1. The van der Waals surface area contributed by atoms with E-state index in [1.54, 1.807) is 0 Å². The second-order valence-electron chi connectivity index (χ2n) is 4.20. The van der Waals surface area contributed by atoms with Crippen LogP contribution in [0.2, 0.25) is 0 Å². The number of hydrogen-bond donors (Lipinski definition) is 2. The summed E-state index contributed by atoms with van der Waals surface area (Å²) in [5.41, 5.74) is 4.55. The lowest BCUT2D eigenvalue weighted by Gasteiger charge is -2.07. The third-order valence-electron chi connectivity index (χ3n) is 2.72. The molecule has 0 aliphatic heterocycles. The Hall–Kier alpha value is -1.80. The van der Waals surface area contributed by atoms with Gasteiger partial charge in [-0.2, -0.15) is 0 Å². The Bertz CT molecular complexity index is 477. The highest BCUT2D eigenvalue weighted by molar-refractivity contribution is 5.45. The first kappa shape index (κ1) is 11.7. The first-order valence-electron chi connectivity index (χ1n) is 5.77. The maximum Gasteiger partial charge on any atom is 0.0681 e. The number of hydrogen-bond acceptors (Lipinski definition) is 2. The van der Waals surface area contributed by atoms with Crippen molar-refractivity contribution < 1.29 is 5.11 Å². The predicted molar refractivity (Wildman–Crippen MR) is 70.9 cm³/mol. The van der Waals surface area contributed by atoms with Gasteiger partial charge >= 0.3 is 0 Å². The van der Waals surface area contributed by atoms with E-state index in [9.17, 15) is 0 Å². The molecule has 2 nitrogen and oxygen atoms in total. The van der Waals surface area contributed by atoms with Crippen molar-refractivity contribution in [2.45, 2.75) is 20.1 Å². The van der Waals surface area contributed by atoms with Crippen LogP contribution >= 0.6 is 0 Å². The highest BCUT2D eigenvalue weighted by Crippen LogP contribution is 2.12. The molecule has 0 bridgehead atoms. The molecule has 0 aliphatic carbocycles. The quantitative estimate of drug-likeness (QED) is 0.841. The van der Waals surface area contributed by atoms with Crippen molar-refractivity contribution in [1.82, 2.24) is 0 Å². The molecular formula is C15H17NO. The maximum atomic E-state index is 8.95. The molecular weight excluding hydrogens is 210 g/mol. The number of benzene rings is 2. The van der Waals surface area contributed by atoms with Gasteiger partial charge in [-0.25, -0.2) is 0 Å². The van der Waals surface area contributed by atoms with E-state index in [4.69, 9.17) is 5.11 Å². The molecule has 0 saturated heterocycles. The summed E-state index contributed by atoms with van der Waals surface area (Å²) in [5.74, 6) is 0. The van der Waals surface area contributed by atoms with Gasteiger partial charge in [0, 0.05) is 12.2 Å². The summed E-state index contributed by atoms with van der Waals surface area (Å²) in [6.45, 7) is 2.99. The fourth-order valence-electron chi connectivity index (χ4n) is 1.72. The monoisotopic (exact) mass is 227 g/mol. The number of aliphatic hydroxyl groups is 1. The summed E-state index contributed by atoms with van der Waals surface area (Å²) in [5, 5.41) is 12.3. The fourth-order valence-corrected chi connectivity index (χ4v) is 1.72. The van der Waals surface area contributed by atoms with E-state index in [0.29, 0.717) is 0 Å². The molecule has 2 rings (SSSR count). The van der Waals surface area contributed by atoms with Gasteiger partial charge in [0.1, 0.15) is 0 Å². The molecule has 2 N–H and O–H groups in total. The van der Waals surface area contributed by atoms with E-state index in [0.717, 1.165) is 17.8 Å². The molecule has 0 atom stereocenters. The molecule has 0 radical (unpaired) electrons. The number of aryl methyl sites for hydroxylation is 1. The number of anilines is 1. The van der Waals surface area contributed by atoms with E-state index in [1.165, 1.54) is 11.1 Å². The second kappa shape index (κ2) is 5.51. The molecule has 2 aromatic rings. The van der Waals surface area contributed by atoms with Crippen molar-refractivity contribution in [3.05, 3.63) is 65.2 Å². The van der Waals surface area contributed by atoms with Gasteiger partial charge in [0.15, 0.2) is 0 Å². The van der Waals surface area contributed by atoms with Crippen molar-refractivity contribution >= 4 is 5.69 Å². The number of rotatable bonds is 4. The van der Waals surface area contributed by atoms with Crippen molar-refractivity contribution in [3.63, 3.8) is 0 Å². The summed E-state index contributed by atoms with van der Waals surface area (Å²) in [6.07, 6.45) is 0. The Balaban J connectivity index is 1.97. The minimum absolute atomic E-state index is 0.103. The molecule has 0 spiro atoms. The van der Waals surface area contributed by atoms with Gasteiger partial charge in [-0.1, -0.05) is 36.4 Å². The Morgan fingerprint density at radius 3 is 2.35 bits per heavy atom. The van der Waals surface area contributed by atoms with Crippen molar-refractivity contribution in [2.24, 2.45) is 0 Å². The van der Waals surface area contributed by atoms with Gasteiger partial charge in [0.2, 0.25) is 0 Å². The minimum atomic E-state index is 0.103. The van der Waals surface area contributed by atoms with Crippen LogP contribution in [0.25, 0.3) is 0 Å². The number of aliphatic hydroxyl groups excluding tert-OH is 1. The lowest BCUT2D eigenvalue weighted by molar-refractivity contribution is 0.282. The normalized spacial score (nSPS) is 10.2. The first-order chi connectivity index (χ1) is 8.28. The van der Waals surface area contributed by atoms with Crippen LogP contribution in [0.3, 0.4) is 0 Å². The zero-order chi connectivity index (χ0) is 12.1. The molecule has 0 saturated carbocycles. The highest BCUT2D eigenvalue weighted by atomic mass is 16.3. The van der Waals surface area contributed by atoms with Crippen LogP contribution in [0.5, 0.6) is 0 Å². The van der Waals surface area contributed by atoms with E-state index >= 15 is 0 Å². The average molecular weight is 227 g/mol. The molecule has 2 aromatic carbocycles. The number of nitrogens with one attached hydrogen (secondary N) is 1. The highest BCUT2D eigenvalue weighted by Gasteiger charge is 1.95. The van der Waals surface area contributed by atoms with E-state index in [1.807, 2.05) is 30.3 Å². The summed E-state index contributed by atoms with van der Waals surface area (Å²) < 4.78 is 0. The van der Waals surface area contributed by atoms with Gasteiger partial charge in [-0.15, -0.1) is 0 Å². The van der Waals surface area contributed by atoms with Gasteiger partial charge in [0.25, 0.3) is 0 Å². The van der Waals surface area contributed by atoms with Gasteiger partial charge in [-0.05, 0) is 35.7 Å². The maximum absolute atomic E-state index is 8.95. The standard InChI is InChI=1S/C15H17NO/c1-12-3-2-4-15(9-12)16-10-13-5-7-14(11-17)8-6-13/h2-9,16-17H,10-11H2,1H3. The van der Waals surface area contributed by atoms with Crippen LogP contribution in [0.15, 0.2) is 48.5 Å². The summed E-state index contributed by atoms with van der Waals surface area (Å²) in [6, 6.07) is 16.3. The van der Waals surface area contributed by atoms with E-state index < -0.39 is 0 Å². The summed E-state index contributed by atoms with van der Waals surface area (Å²) in [7, 11) is 0. The molecule has 17 heavy (non-hydrogen) atoms. The second-order valence-corrected chi connectivity index (χ2v) is 4.20.